The Bertz CT molecular complexity index is 434. The predicted molar refractivity (Wildman–Crippen MR) is 80.0 cm³/mol. The van der Waals surface area contributed by atoms with E-state index in [4.69, 9.17) is 15.2 Å². The molecule has 1 aliphatic heterocycles. The highest BCUT2D eigenvalue weighted by Crippen LogP contribution is 2.29. The first kappa shape index (κ1) is 13.7. The van der Waals surface area contributed by atoms with Gasteiger partial charge in [-0.05, 0) is 43.7 Å². The fourth-order valence-electron chi connectivity index (χ4n) is 2.62. The Labute approximate surface area is 120 Å². The van der Waals surface area contributed by atoms with Crippen molar-refractivity contribution in [2.45, 2.75) is 31.7 Å². The van der Waals surface area contributed by atoms with Crippen molar-refractivity contribution in [2.75, 3.05) is 31.4 Å². The van der Waals surface area contributed by atoms with E-state index >= 15 is 0 Å². The van der Waals surface area contributed by atoms with E-state index in [1.54, 1.807) is 0 Å². The summed E-state index contributed by atoms with van der Waals surface area (Å²) in [6, 6.07) is 8.50. The van der Waals surface area contributed by atoms with E-state index < -0.39 is 0 Å². The number of benzene rings is 1. The summed E-state index contributed by atoms with van der Waals surface area (Å²) >= 11 is 0. The molecule has 110 valence electrons. The first-order valence-electron chi connectivity index (χ1n) is 7.62. The van der Waals surface area contributed by atoms with Gasteiger partial charge in [-0.1, -0.05) is 6.07 Å². The maximum atomic E-state index is 6.04. The number of nitrogens with two attached hydrogens (primary N) is 1. The molecule has 1 saturated heterocycles. The van der Waals surface area contributed by atoms with Crippen LogP contribution in [-0.2, 0) is 4.74 Å². The van der Waals surface area contributed by atoms with Gasteiger partial charge in [0, 0.05) is 30.9 Å². The molecule has 2 N–H and O–H groups in total. The SMILES string of the molecule is NC1CCCN(c2cccc(OCOCC3CC3)c2)C1. The van der Waals surface area contributed by atoms with Crippen molar-refractivity contribution in [3.8, 4) is 5.75 Å². The van der Waals surface area contributed by atoms with Crippen molar-refractivity contribution in [1.82, 2.24) is 0 Å². The fourth-order valence-corrected chi connectivity index (χ4v) is 2.62. The van der Waals surface area contributed by atoms with Crippen LogP contribution < -0.4 is 15.4 Å². The summed E-state index contributed by atoms with van der Waals surface area (Å²) < 4.78 is 11.2. The van der Waals surface area contributed by atoms with E-state index in [2.05, 4.69) is 17.0 Å². The third-order valence-electron chi connectivity index (χ3n) is 4.00. The van der Waals surface area contributed by atoms with Gasteiger partial charge in [0.15, 0.2) is 6.79 Å². The molecule has 2 fully saturated rings. The molecule has 1 aromatic carbocycles. The lowest BCUT2D eigenvalue weighted by atomic mass is 10.1. The quantitative estimate of drug-likeness (QED) is 0.640. The van der Waals surface area contributed by atoms with Crippen LogP contribution in [0.25, 0.3) is 0 Å². The highest BCUT2D eigenvalue weighted by atomic mass is 16.7. The predicted octanol–water partition coefficient (Wildman–Crippen LogP) is 2.38. The second kappa shape index (κ2) is 6.46. The average molecular weight is 276 g/mol. The maximum Gasteiger partial charge on any atom is 0.189 e. The number of ether oxygens (including phenoxy) is 2. The minimum Gasteiger partial charge on any atom is -0.467 e. The van der Waals surface area contributed by atoms with Crippen molar-refractivity contribution in [1.29, 1.82) is 0 Å². The highest BCUT2D eigenvalue weighted by Gasteiger charge is 2.21. The summed E-state index contributed by atoms with van der Waals surface area (Å²) in [5.74, 6) is 1.65. The van der Waals surface area contributed by atoms with Crippen LogP contribution in [0.5, 0.6) is 5.75 Å². The maximum absolute atomic E-state index is 6.04. The van der Waals surface area contributed by atoms with Gasteiger partial charge < -0.3 is 20.1 Å². The molecule has 2 aliphatic rings. The van der Waals surface area contributed by atoms with Crippen molar-refractivity contribution >= 4 is 5.69 Å². The van der Waals surface area contributed by atoms with E-state index in [9.17, 15) is 0 Å². The lowest BCUT2D eigenvalue weighted by molar-refractivity contribution is 0.0100. The molecule has 0 bridgehead atoms. The van der Waals surface area contributed by atoms with Crippen LogP contribution in [0.2, 0.25) is 0 Å². The Balaban J connectivity index is 1.51. The molecule has 3 rings (SSSR count). The molecule has 1 unspecified atom stereocenters. The minimum absolute atomic E-state index is 0.287. The summed E-state index contributed by atoms with van der Waals surface area (Å²) in [5.41, 5.74) is 7.23. The Morgan fingerprint density at radius 2 is 2.15 bits per heavy atom. The lowest BCUT2D eigenvalue weighted by Crippen LogP contribution is -2.42. The molecule has 1 aromatic rings. The van der Waals surface area contributed by atoms with Gasteiger partial charge >= 0.3 is 0 Å². The molecule has 4 nitrogen and oxygen atoms in total. The number of hydrogen-bond donors (Lipinski definition) is 1. The van der Waals surface area contributed by atoms with E-state index in [0.717, 1.165) is 44.2 Å². The number of anilines is 1. The number of rotatable bonds is 6. The van der Waals surface area contributed by atoms with E-state index in [-0.39, 0.29) is 6.04 Å². The van der Waals surface area contributed by atoms with E-state index in [0.29, 0.717) is 6.79 Å². The van der Waals surface area contributed by atoms with Crippen LogP contribution in [0.15, 0.2) is 24.3 Å². The highest BCUT2D eigenvalue weighted by molar-refractivity contribution is 5.51. The second-order valence-electron chi connectivity index (χ2n) is 5.92. The summed E-state index contributed by atoms with van der Waals surface area (Å²) in [7, 11) is 0. The third kappa shape index (κ3) is 3.87. The van der Waals surface area contributed by atoms with Crippen LogP contribution in [-0.4, -0.2) is 32.5 Å². The molecule has 0 spiro atoms. The Morgan fingerprint density at radius 1 is 1.25 bits per heavy atom. The van der Waals surface area contributed by atoms with Gasteiger partial charge in [-0.2, -0.15) is 0 Å². The van der Waals surface area contributed by atoms with Gasteiger partial charge in [-0.3, -0.25) is 0 Å². The Morgan fingerprint density at radius 3 is 2.95 bits per heavy atom. The second-order valence-corrected chi connectivity index (χ2v) is 5.92. The van der Waals surface area contributed by atoms with Crippen LogP contribution in [0, 0.1) is 5.92 Å². The average Bonchev–Trinajstić information content (AvgIpc) is 3.28. The minimum atomic E-state index is 0.287. The van der Waals surface area contributed by atoms with Gasteiger partial charge in [0.1, 0.15) is 5.75 Å². The molecule has 20 heavy (non-hydrogen) atoms. The first-order valence-corrected chi connectivity index (χ1v) is 7.62. The van der Waals surface area contributed by atoms with Crippen LogP contribution >= 0.6 is 0 Å². The van der Waals surface area contributed by atoms with Gasteiger partial charge in [0.25, 0.3) is 0 Å². The molecule has 0 amide bonds. The molecule has 0 aromatic heterocycles. The smallest absolute Gasteiger partial charge is 0.189 e. The van der Waals surface area contributed by atoms with Crippen LogP contribution in [0.3, 0.4) is 0 Å². The zero-order valence-electron chi connectivity index (χ0n) is 12.0. The fraction of sp³-hybridized carbons (Fsp3) is 0.625. The molecular formula is C16H24N2O2. The number of hydrogen-bond acceptors (Lipinski definition) is 4. The zero-order valence-corrected chi connectivity index (χ0v) is 12.0. The first-order chi connectivity index (χ1) is 9.81. The molecule has 1 saturated carbocycles. The van der Waals surface area contributed by atoms with Crippen LogP contribution in [0.4, 0.5) is 5.69 Å². The summed E-state index contributed by atoms with van der Waals surface area (Å²) in [4.78, 5) is 2.34. The van der Waals surface area contributed by atoms with Gasteiger partial charge in [-0.25, -0.2) is 0 Å². The monoisotopic (exact) mass is 276 g/mol. The van der Waals surface area contributed by atoms with Crippen LogP contribution in [0.1, 0.15) is 25.7 Å². The summed E-state index contributed by atoms with van der Waals surface area (Å²) in [5, 5.41) is 0. The number of nitrogens with zero attached hydrogens (tertiary/aromatic N) is 1. The van der Waals surface area contributed by atoms with E-state index in [1.165, 1.54) is 18.5 Å². The lowest BCUT2D eigenvalue weighted by Gasteiger charge is -2.32. The molecular weight excluding hydrogens is 252 g/mol. The molecule has 0 radical (unpaired) electrons. The largest absolute Gasteiger partial charge is 0.467 e. The van der Waals surface area contributed by atoms with Crippen molar-refractivity contribution in [2.24, 2.45) is 11.7 Å². The van der Waals surface area contributed by atoms with E-state index in [1.807, 2.05) is 12.1 Å². The molecule has 4 heteroatoms. The van der Waals surface area contributed by atoms with Gasteiger partial charge in [0.05, 0.1) is 6.61 Å². The van der Waals surface area contributed by atoms with Gasteiger partial charge in [-0.15, -0.1) is 0 Å². The standard InChI is InChI=1S/C16H24N2O2/c17-14-3-2-8-18(10-14)15-4-1-5-16(9-15)20-12-19-11-13-6-7-13/h1,4-5,9,13-14H,2-3,6-8,10-12,17H2. The summed E-state index contributed by atoms with van der Waals surface area (Å²) in [6.45, 7) is 3.19. The van der Waals surface area contributed by atoms with Gasteiger partial charge in [0.2, 0.25) is 0 Å². The Hall–Kier alpha value is -1.26. The normalized spacial score (nSPS) is 22.9. The summed E-state index contributed by atoms with van der Waals surface area (Å²) in [6.07, 6.45) is 4.91. The third-order valence-corrected chi connectivity index (χ3v) is 4.00. The van der Waals surface area contributed by atoms with Crippen molar-refractivity contribution in [3.63, 3.8) is 0 Å². The van der Waals surface area contributed by atoms with Crippen molar-refractivity contribution < 1.29 is 9.47 Å². The number of piperidine rings is 1. The Kier molecular flexibility index (Phi) is 4.43. The molecule has 1 heterocycles. The van der Waals surface area contributed by atoms with Crippen molar-refractivity contribution in [3.05, 3.63) is 24.3 Å². The molecule has 1 aliphatic carbocycles. The topological polar surface area (TPSA) is 47.7 Å². The molecule has 1 atom stereocenters. The zero-order chi connectivity index (χ0) is 13.8.